The Bertz CT molecular complexity index is 777. The lowest BCUT2D eigenvalue weighted by Gasteiger charge is -2.11. The quantitative estimate of drug-likeness (QED) is 0.660. The first-order valence-corrected chi connectivity index (χ1v) is 8.99. The second-order valence-corrected chi connectivity index (χ2v) is 7.52. The van der Waals surface area contributed by atoms with Gasteiger partial charge >= 0.3 is 0 Å². The van der Waals surface area contributed by atoms with Crippen LogP contribution in [0.25, 0.3) is 0 Å². The molecule has 2 aromatic carbocycles. The van der Waals surface area contributed by atoms with Crippen LogP contribution in [0.15, 0.2) is 46.2 Å². The normalized spacial score (nSPS) is 11.6. The van der Waals surface area contributed by atoms with Crippen LogP contribution in [-0.4, -0.2) is 8.42 Å². The molecule has 0 spiro atoms. The average Bonchev–Trinajstić information content (AvgIpc) is 2.39. The molecule has 0 amide bonds. The molecule has 112 valence electrons. The second kappa shape index (κ2) is 6.27. The van der Waals surface area contributed by atoms with Gasteiger partial charge in [-0.2, -0.15) is 0 Å². The van der Waals surface area contributed by atoms with E-state index in [9.17, 15) is 8.42 Å². The van der Waals surface area contributed by atoms with E-state index >= 15 is 0 Å². The summed E-state index contributed by atoms with van der Waals surface area (Å²) in [4.78, 5) is 0.836. The number of anilines is 1. The Morgan fingerprint density at radius 1 is 1.24 bits per heavy atom. The Balaban J connectivity index is 2.33. The van der Waals surface area contributed by atoms with Crippen molar-refractivity contribution in [2.75, 3.05) is 5.73 Å². The molecular weight excluding hydrogens is 328 g/mol. The zero-order chi connectivity index (χ0) is 15.6. The lowest BCUT2D eigenvalue weighted by atomic mass is 10.2. The van der Waals surface area contributed by atoms with E-state index in [0.717, 1.165) is 10.5 Å². The molecule has 4 N–H and O–H groups in total. The van der Waals surface area contributed by atoms with Crippen LogP contribution in [-0.2, 0) is 15.8 Å². The number of primary sulfonamides is 1. The minimum atomic E-state index is -3.79. The third-order valence-corrected chi connectivity index (χ3v) is 5.58. The Morgan fingerprint density at radius 2 is 1.90 bits per heavy atom. The van der Waals surface area contributed by atoms with Crippen LogP contribution in [0.1, 0.15) is 11.1 Å². The van der Waals surface area contributed by atoms with Crippen molar-refractivity contribution in [3.05, 3.63) is 52.5 Å². The second-order valence-electron chi connectivity index (χ2n) is 4.57. The van der Waals surface area contributed by atoms with E-state index < -0.39 is 10.0 Å². The number of hydrogen-bond donors (Lipinski definition) is 2. The van der Waals surface area contributed by atoms with Crippen molar-refractivity contribution in [2.45, 2.75) is 22.5 Å². The maximum absolute atomic E-state index is 11.6. The fourth-order valence-electron chi connectivity index (χ4n) is 1.90. The molecule has 0 saturated heterocycles. The highest BCUT2D eigenvalue weighted by molar-refractivity contribution is 7.98. The van der Waals surface area contributed by atoms with E-state index in [1.807, 2.05) is 24.3 Å². The standard InChI is InChI=1S/C14H15ClN2O2S2/c1-9-13(6-11(16)7-14(9)21(17,18)19)20-8-10-4-2-3-5-12(10)15/h2-7H,8,16H2,1H3,(H2,17,18,19). The summed E-state index contributed by atoms with van der Waals surface area (Å²) in [6.45, 7) is 1.72. The molecule has 0 aromatic heterocycles. The molecule has 0 aliphatic heterocycles. The number of benzene rings is 2. The number of rotatable bonds is 4. The van der Waals surface area contributed by atoms with Gasteiger partial charge in [-0.1, -0.05) is 29.8 Å². The first-order chi connectivity index (χ1) is 9.79. The first-order valence-electron chi connectivity index (χ1n) is 6.08. The summed E-state index contributed by atoms with van der Waals surface area (Å²) in [6.07, 6.45) is 0. The summed E-state index contributed by atoms with van der Waals surface area (Å²) in [5.41, 5.74) is 7.71. The van der Waals surface area contributed by atoms with Gasteiger partial charge in [-0.3, -0.25) is 0 Å². The molecule has 0 aliphatic rings. The smallest absolute Gasteiger partial charge is 0.238 e. The van der Waals surface area contributed by atoms with Gasteiger partial charge in [-0.05, 0) is 36.2 Å². The summed E-state index contributed by atoms with van der Waals surface area (Å²) < 4.78 is 23.2. The van der Waals surface area contributed by atoms with Gasteiger partial charge in [0.1, 0.15) is 0 Å². The number of thioether (sulfide) groups is 1. The van der Waals surface area contributed by atoms with E-state index in [0.29, 0.717) is 22.0 Å². The van der Waals surface area contributed by atoms with Crippen molar-refractivity contribution in [3.63, 3.8) is 0 Å². The molecule has 0 unspecified atom stereocenters. The van der Waals surface area contributed by atoms with Crippen LogP contribution in [0.3, 0.4) is 0 Å². The van der Waals surface area contributed by atoms with E-state index in [2.05, 4.69) is 0 Å². The highest BCUT2D eigenvalue weighted by Crippen LogP contribution is 2.33. The molecule has 0 atom stereocenters. The number of sulfonamides is 1. The topological polar surface area (TPSA) is 86.2 Å². The maximum atomic E-state index is 11.6. The third kappa shape index (κ3) is 3.91. The van der Waals surface area contributed by atoms with E-state index in [1.165, 1.54) is 17.8 Å². The van der Waals surface area contributed by atoms with Gasteiger partial charge in [0.15, 0.2) is 0 Å². The summed E-state index contributed by atoms with van der Waals surface area (Å²) in [5.74, 6) is 0.619. The average molecular weight is 343 g/mol. The zero-order valence-corrected chi connectivity index (χ0v) is 13.7. The molecule has 2 aromatic rings. The van der Waals surface area contributed by atoms with Crippen molar-refractivity contribution in [3.8, 4) is 0 Å². The zero-order valence-electron chi connectivity index (χ0n) is 11.3. The number of nitrogens with two attached hydrogens (primary N) is 2. The van der Waals surface area contributed by atoms with Gasteiger partial charge in [0.2, 0.25) is 10.0 Å². The van der Waals surface area contributed by atoms with Crippen molar-refractivity contribution in [2.24, 2.45) is 5.14 Å². The van der Waals surface area contributed by atoms with Crippen LogP contribution < -0.4 is 10.9 Å². The van der Waals surface area contributed by atoms with E-state index in [1.54, 1.807) is 13.0 Å². The number of nitrogen functional groups attached to an aromatic ring is 1. The van der Waals surface area contributed by atoms with Crippen molar-refractivity contribution in [1.29, 1.82) is 0 Å². The predicted molar refractivity (Wildman–Crippen MR) is 88.0 cm³/mol. The fraction of sp³-hybridized carbons (Fsp3) is 0.143. The van der Waals surface area contributed by atoms with E-state index in [-0.39, 0.29) is 4.90 Å². The Labute approximate surface area is 133 Å². The van der Waals surface area contributed by atoms with Crippen molar-refractivity contribution >= 4 is 39.1 Å². The predicted octanol–water partition coefficient (Wildman–Crippen LogP) is 3.17. The maximum Gasteiger partial charge on any atom is 0.238 e. The van der Waals surface area contributed by atoms with Gasteiger partial charge in [-0.25, -0.2) is 13.6 Å². The molecular formula is C14H15ClN2O2S2. The van der Waals surface area contributed by atoms with Crippen LogP contribution in [0.4, 0.5) is 5.69 Å². The van der Waals surface area contributed by atoms with Crippen LogP contribution in [0.2, 0.25) is 5.02 Å². The number of halogens is 1. The lowest BCUT2D eigenvalue weighted by molar-refractivity contribution is 0.597. The van der Waals surface area contributed by atoms with Crippen LogP contribution in [0, 0.1) is 6.92 Å². The molecule has 0 fully saturated rings. The van der Waals surface area contributed by atoms with Gasteiger partial charge in [-0.15, -0.1) is 11.8 Å². The molecule has 21 heavy (non-hydrogen) atoms. The highest BCUT2D eigenvalue weighted by Gasteiger charge is 2.16. The molecule has 0 radical (unpaired) electrons. The summed E-state index contributed by atoms with van der Waals surface area (Å²) in [7, 11) is -3.79. The van der Waals surface area contributed by atoms with Gasteiger partial charge in [0.25, 0.3) is 0 Å². The Kier molecular flexibility index (Phi) is 4.83. The van der Waals surface area contributed by atoms with Gasteiger partial charge < -0.3 is 5.73 Å². The van der Waals surface area contributed by atoms with Crippen molar-refractivity contribution in [1.82, 2.24) is 0 Å². The largest absolute Gasteiger partial charge is 0.399 e. The lowest BCUT2D eigenvalue weighted by Crippen LogP contribution is -2.14. The molecule has 7 heteroatoms. The Hall–Kier alpha value is -1.21. The summed E-state index contributed by atoms with van der Waals surface area (Å²) in [6, 6.07) is 10.6. The minimum Gasteiger partial charge on any atom is -0.399 e. The monoisotopic (exact) mass is 342 g/mol. The van der Waals surface area contributed by atoms with Gasteiger partial charge in [0.05, 0.1) is 4.90 Å². The third-order valence-electron chi connectivity index (χ3n) is 2.98. The molecule has 0 aliphatic carbocycles. The SMILES string of the molecule is Cc1c(SCc2ccccc2Cl)cc(N)cc1S(N)(=O)=O. The summed E-state index contributed by atoms with van der Waals surface area (Å²) in [5, 5.41) is 5.89. The number of hydrogen-bond acceptors (Lipinski definition) is 4. The Morgan fingerprint density at radius 3 is 2.52 bits per heavy atom. The van der Waals surface area contributed by atoms with Crippen molar-refractivity contribution < 1.29 is 8.42 Å². The molecule has 0 heterocycles. The molecule has 4 nitrogen and oxygen atoms in total. The van der Waals surface area contributed by atoms with Gasteiger partial charge in [0, 0.05) is 21.4 Å². The highest BCUT2D eigenvalue weighted by atomic mass is 35.5. The van der Waals surface area contributed by atoms with Crippen LogP contribution in [0.5, 0.6) is 0 Å². The fourth-order valence-corrected chi connectivity index (χ4v) is 4.19. The molecule has 2 rings (SSSR count). The van der Waals surface area contributed by atoms with E-state index in [4.69, 9.17) is 22.5 Å². The minimum absolute atomic E-state index is 0.0594. The molecule has 0 saturated carbocycles. The first kappa shape index (κ1) is 16.2. The summed E-state index contributed by atoms with van der Waals surface area (Å²) >= 11 is 7.59. The molecule has 0 bridgehead atoms. The van der Waals surface area contributed by atoms with Crippen LogP contribution >= 0.6 is 23.4 Å².